The minimum Gasteiger partial charge on any atom is -0.480 e. The Morgan fingerprint density at radius 1 is 1.38 bits per heavy atom. The van der Waals surface area contributed by atoms with Crippen LogP contribution in [0.5, 0.6) is 0 Å². The predicted molar refractivity (Wildman–Crippen MR) is 75.7 cm³/mol. The van der Waals surface area contributed by atoms with Gasteiger partial charge >= 0.3 is 11.9 Å². The number of amides is 1. The number of nitrogens with two attached hydrogens (primary N) is 1. The van der Waals surface area contributed by atoms with E-state index in [4.69, 9.17) is 10.8 Å². The Morgan fingerprint density at radius 2 is 2.05 bits per heavy atom. The maximum atomic E-state index is 12.0. The van der Waals surface area contributed by atoms with Crippen LogP contribution < -0.4 is 11.1 Å². The Hall–Kier alpha value is -2.57. The number of aliphatic carboxylic acids is 1. The number of nitrogen functional groups attached to an aromatic ring is 1. The third-order valence-electron chi connectivity index (χ3n) is 3.00. The van der Waals surface area contributed by atoms with Crippen molar-refractivity contribution in [3.05, 3.63) is 29.3 Å². The zero-order chi connectivity index (χ0) is 16.0. The van der Waals surface area contributed by atoms with Gasteiger partial charge in [-0.1, -0.05) is 0 Å². The van der Waals surface area contributed by atoms with E-state index < -0.39 is 23.9 Å². The van der Waals surface area contributed by atoms with Gasteiger partial charge in [0.1, 0.15) is 6.04 Å². The molecule has 0 fully saturated rings. The highest BCUT2D eigenvalue weighted by Gasteiger charge is 2.22. The number of carbonyl (C=O) groups is 3. The number of carbonyl (C=O) groups excluding carboxylic acids is 2. The van der Waals surface area contributed by atoms with Crippen LogP contribution in [0.2, 0.25) is 0 Å². The summed E-state index contributed by atoms with van der Waals surface area (Å²) in [4.78, 5) is 34.1. The standard InChI is InChI=1S/C14H18N2O5/c1-8-7-9(3-4-10(8)15)13(18)16-11(14(19)20)5-6-12(17)21-2/h3-4,7,11H,5-6,15H2,1-2H3,(H,16,18)(H,19,20)/t11-/m1/s1. The summed E-state index contributed by atoms with van der Waals surface area (Å²) in [6.07, 6.45) is -0.129. The monoisotopic (exact) mass is 294 g/mol. The Balaban J connectivity index is 2.74. The minimum absolute atomic E-state index is 0.0400. The quantitative estimate of drug-likeness (QED) is 0.525. The van der Waals surface area contributed by atoms with Crippen LogP contribution in [0.4, 0.5) is 5.69 Å². The summed E-state index contributed by atoms with van der Waals surface area (Å²) in [5, 5.41) is 11.4. The maximum absolute atomic E-state index is 12.0. The number of anilines is 1. The zero-order valence-corrected chi connectivity index (χ0v) is 11.9. The van der Waals surface area contributed by atoms with Gasteiger partial charge in [0.25, 0.3) is 5.91 Å². The first-order chi connectivity index (χ1) is 9.85. The van der Waals surface area contributed by atoms with Crippen LogP contribution in [0.15, 0.2) is 18.2 Å². The van der Waals surface area contributed by atoms with Gasteiger partial charge in [0.05, 0.1) is 7.11 Å². The molecule has 114 valence electrons. The normalized spacial score (nSPS) is 11.5. The van der Waals surface area contributed by atoms with E-state index in [1.165, 1.54) is 13.2 Å². The van der Waals surface area contributed by atoms with Crippen molar-refractivity contribution < 1.29 is 24.2 Å². The second kappa shape index (κ2) is 7.28. The molecule has 0 heterocycles. The van der Waals surface area contributed by atoms with E-state index in [1.807, 2.05) is 0 Å². The number of methoxy groups -OCH3 is 1. The lowest BCUT2D eigenvalue weighted by Gasteiger charge is -2.14. The van der Waals surface area contributed by atoms with Crippen LogP contribution in [0.25, 0.3) is 0 Å². The summed E-state index contributed by atoms with van der Waals surface area (Å²) in [7, 11) is 1.22. The molecule has 0 unspecified atom stereocenters. The van der Waals surface area contributed by atoms with Gasteiger partial charge in [-0.25, -0.2) is 4.79 Å². The highest BCUT2D eigenvalue weighted by molar-refractivity contribution is 5.97. The van der Waals surface area contributed by atoms with Gasteiger partial charge in [-0.3, -0.25) is 9.59 Å². The number of hydrogen-bond acceptors (Lipinski definition) is 5. The second-order valence-corrected chi connectivity index (χ2v) is 4.55. The first kappa shape index (κ1) is 16.5. The summed E-state index contributed by atoms with van der Waals surface area (Å²) in [5.74, 6) is -2.27. The molecule has 1 amide bonds. The zero-order valence-electron chi connectivity index (χ0n) is 11.9. The Morgan fingerprint density at radius 3 is 2.57 bits per heavy atom. The van der Waals surface area contributed by atoms with Crippen molar-refractivity contribution in [2.24, 2.45) is 0 Å². The van der Waals surface area contributed by atoms with Crippen molar-refractivity contribution in [3.8, 4) is 0 Å². The van der Waals surface area contributed by atoms with Crippen molar-refractivity contribution >= 4 is 23.5 Å². The number of aryl methyl sites for hydroxylation is 1. The van der Waals surface area contributed by atoms with Crippen LogP contribution in [0.1, 0.15) is 28.8 Å². The minimum atomic E-state index is -1.21. The molecule has 0 aliphatic heterocycles. The van der Waals surface area contributed by atoms with Gasteiger partial charge < -0.3 is 20.9 Å². The molecule has 0 saturated heterocycles. The summed E-state index contributed by atoms with van der Waals surface area (Å²) in [5.41, 5.74) is 7.24. The fraction of sp³-hybridized carbons (Fsp3) is 0.357. The Kier molecular flexibility index (Phi) is 5.71. The van der Waals surface area contributed by atoms with E-state index in [9.17, 15) is 14.4 Å². The first-order valence-corrected chi connectivity index (χ1v) is 6.31. The Labute approximate surface area is 122 Å². The fourth-order valence-electron chi connectivity index (χ4n) is 1.68. The first-order valence-electron chi connectivity index (χ1n) is 6.31. The van der Waals surface area contributed by atoms with Crippen LogP contribution in [0, 0.1) is 6.92 Å². The molecule has 1 rings (SSSR count). The summed E-state index contributed by atoms with van der Waals surface area (Å²) >= 11 is 0. The van der Waals surface area contributed by atoms with E-state index in [0.717, 1.165) is 5.56 Å². The topological polar surface area (TPSA) is 119 Å². The van der Waals surface area contributed by atoms with Crippen molar-refractivity contribution in [1.82, 2.24) is 5.32 Å². The molecule has 1 atom stereocenters. The molecular weight excluding hydrogens is 276 g/mol. The number of carboxylic acids is 1. The molecular formula is C14H18N2O5. The van der Waals surface area contributed by atoms with Crippen LogP contribution in [0.3, 0.4) is 0 Å². The van der Waals surface area contributed by atoms with E-state index in [2.05, 4.69) is 10.1 Å². The number of rotatable bonds is 6. The SMILES string of the molecule is COC(=O)CC[C@@H](NC(=O)c1ccc(N)c(C)c1)C(=O)O. The molecule has 4 N–H and O–H groups in total. The molecule has 1 aromatic rings. The smallest absolute Gasteiger partial charge is 0.326 e. The van der Waals surface area contributed by atoms with Gasteiger partial charge in [-0.05, 0) is 37.1 Å². The highest BCUT2D eigenvalue weighted by Crippen LogP contribution is 2.13. The summed E-state index contributed by atoms with van der Waals surface area (Å²) in [6.45, 7) is 1.75. The second-order valence-electron chi connectivity index (χ2n) is 4.55. The summed E-state index contributed by atoms with van der Waals surface area (Å²) < 4.78 is 4.44. The number of benzene rings is 1. The number of carboxylic acid groups (broad SMARTS) is 1. The molecule has 0 aromatic heterocycles. The highest BCUT2D eigenvalue weighted by atomic mass is 16.5. The van der Waals surface area contributed by atoms with Gasteiger partial charge in [-0.15, -0.1) is 0 Å². The van der Waals surface area contributed by atoms with Crippen LogP contribution >= 0.6 is 0 Å². The lowest BCUT2D eigenvalue weighted by atomic mass is 10.1. The maximum Gasteiger partial charge on any atom is 0.326 e. The van der Waals surface area contributed by atoms with E-state index in [0.29, 0.717) is 11.3 Å². The van der Waals surface area contributed by atoms with E-state index in [1.54, 1.807) is 19.1 Å². The van der Waals surface area contributed by atoms with Crippen molar-refractivity contribution in [3.63, 3.8) is 0 Å². The number of nitrogens with one attached hydrogen (secondary N) is 1. The molecule has 0 aliphatic rings. The number of hydrogen-bond donors (Lipinski definition) is 3. The third kappa shape index (κ3) is 4.79. The van der Waals surface area contributed by atoms with Crippen molar-refractivity contribution in [1.29, 1.82) is 0 Å². The fourth-order valence-corrected chi connectivity index (χ4v) is 1.68. The van der Waals surface area contributed by atoms with Gasteiger partial charge in [0.2, 0.25) is 0 Å². The molecule has 0 aliphatic carbocycles. The molecule has 1 aromatic carbocycles. The lowest BCUT2D eigenvalue weighted by molar-refractivity contribution is -0.142. The average molecular weight is 294 g/mol. The average Bonchev–Trinajstić information content (AvgIpc) is 2.45. The van der Waals surface area contributed by atoms with Gasteiger partial charge in [-0.2, -0.15) is 0 Å². The molecule has 0 spiro atoms. The van der Waals surface area contributed by atoms with E-state index >= 15 is 0 Å². The molecule has 0 radical (unpaired) electrons. The van der Waals surface area contributed by atoms with Crippen molar-refractivity contribution in [2.75, 3.05) is 12.8 Å². The van der Waals surface area contributed by atoms with E-state index in [-0.39, 0.29) is 12.8 Å². The van der Waals surface area contributed by atoms with Crippen LogP contribution in [-0.2, 0) is 14.3 Å². The van der Waals surface area contributed by atoms with Gasteiger partial charge in [0, 0.05) is 17.7 Å². The number of ether oxygens (including phenoxy) is 1. The lowest BCUT2D eigenvalue weighted by Crippen LogP contribution is -2.41. The predicted octanol–water partition coefficient (Wildman–Crippen LogP) is 0.713. The molecule has 21 heavy (non-hydrogen) atoms. The molecule has 0 bridgehead atoms. The molecule has 7 heteroatoms. The van der Waals surface area contributed by atoms with Gasteiger partial charge in [0.15, 0.2) is 0 Å². The summed E-state index contributed by atoms with van der Waals surface area (Å²) in [6, 6.07) is 3.50. The number of esters is 1. The Bertz CT molecular complexity index is 556. The van der Waals surface area contributed by atoms with Crippen LogP contribution in [-0.4, -0.2) is 36.1 Å². The molecule has 7 nitrogen and oxygen atoms in total. The van der Waals surface area contributed by atoms with Crippen molar-refractivity contribution in [2.45, 2.75) is 25.8 Å². The third-order valence-corrected chi connectivity index (χ3v) is 3.00. The molecule has 0 saturated carbocycles. The largest absolute Gasteiger partial charge is 0.480 e.